The molecular formula is C14H25N5. The van der Waals surface area contributed by atoms with Gasteiger partial charge in [0.05, 0.1) is 0 Å². The summed E-state index contributed by atoms with van der Waals surface area (Å²) in [4.78, 5) is 11.3. The molecule has 1 aromatic heterocycles. The van der Waals surface area contributed by atoms with E-state index in [-0.39, 0.29) is 0 Å². The molecule has 106 valence electrons. The van der Waals surface area contributed by atoms with E-state index in [1.54, 1.807) is 0 Å². The SMILES string of the molecule is CNc1nc(C)cc(NC(C)CN2CCCCC2)n1. The summed E-state index contributed by atoms with van der Waals surface area (Å²) in [5.41, 5.74) is 0.979. The summed E-state index contributed by atoms with van der Waals surface area (Å²) in [5.74, 6) is 1.58. The molecule has 5 nitrogen and oxygen atoms in total. The standard InChI is InChI=1S/C14H25N5/c1-11-9-13(18-14(15-3)17-11)16-12(2)10-19-7-5-4-6-8-19/h9,12H,4-8,10H2,1-3H3,(H2,15,16,17,18). The van der Waals surface area contributed by atoms with Gasteiger partial charge < -0.3 is 15.5 Å². The number of likely N-dealkylation sites (tertiary alicyclic amines) is 1. The Morgan fingerprint density at radius 2 is 2.00 bits per heavy atom. The number of aromatic nitrogens is 2. The van der Waals surface area contributed by atoms with E-state index >= 15 is 0 Å². The van der Waals surface area contributed by atoms with Crippen molar-refractivity contribution in [1.29, 1.82) is 0 Å². The van der Waals surface area contributed by atoms with Crippen molar-refractivity contribution in [3.63, 3.8) is 0 Å². The maximum absolute atomic E-state index is 4.43. The maximum atomic E-state index is 4.43. The van der Waals surface area contributed by atoms with Crippen LogP contribution >= 0.6 is 0 Å². The van der Waals surface area contributed by atoms with Crippen molar-refractivity contribution in [2.45, 2.75) is 39.2 Å². The first-order valence-electron chi connectivity index (χ1n) is 7.19. The molecule has 0 spiro atoms. The molecule has 0 aliphatic carbocycles. The van der Waals surface area contributed by atoms with E-state index in [4.69, 9.17) is 0 Å². The monoisotopic (exact) mass is 263 g/mol. The van der Waals surface area contributed by atoms with E-state index in [1.807, 2.05) is 20.0 Å². The smallest absolute Gasteiger partial charge is 0.224 e. The lowest BCUT2D eigenvalue weighted by molar-refractivity contribution is 0.223. The van der Waals surface area contributed by atoms with Gasteiger partial charge >= 0.3 is 0 Å². The molecule has 5 heteroatoms. The molecule has 1 saturated heterocycles. The second-order valence-corrected chi connectivity index (χ2v) is 5.37. The summed E-state index contributed by atoms with van der Waals surface area (Å²) in [6.07, 6.45) is 4.06. The molecule has 19 heavy (non-hydrogen) atoms. The van der Waals surface area contributed by atoms with E-state index in [1.165, 1.54) is 32.4 Å². The molecule has 0 amide bonds. The summed E-state index contributed by atoms with van der Waals surface area (Å²) < 4.78 is 0. The molecular weight excluding hydrogens is 238 g/mol. The van der Waals surface area contributed by atoms with Crippen LogP contribution in [0.1, 0.15) is 31.9 Å². The summed E-state index contributed by atoms with van der Waals surface area (Å²) in [7, 11) is 1.84. The third kappa shape index (κ3) is 4.35. The van der Waals surface area contributed by atoms with Gasteiger partial charge in [-0.1, -0.05) is 6.42 Å². The number of aryl methyl sites for hydroxylation is 1. The molecule has 2 heterocycles. The quantitative estimate of drug-likeness (QED) is 0.852. The van der Waals surface area contributed by atoms with Gasteiger partial charge in [-0.3, -0.25) is 0 Å². The molecule has 1 aromatic rings. The number of anilines is 2. The largest absolute Gasteiger partial charge is 0.366 e. The van der Waals surface area contributed by atoms with E-state index < -0.39 is 0 Å². The van der Waals surface area contributed by atoms with Crippen LogP contribution in [0.25, 0.3) is 0 Å². The third-order valence-corrected chi connectivity index (χ3v) is 3.45. The fraction of sp³-hybridized carbons (Fsp3) is 0.714. The van der Waals surface area contributed by atoms with Crippen molar-refractivity contribution in [3.05, 3.63) is 11.8 Å². The second kappa shape index (κ2) is 6.70. The Labute approximate surface area is 115 Å². The van der Waals surface area contributed by atoms with Gasteiger partial charge in [-0.25, -0.2) is 4.98 Å². The van der Waals surface area contributed by atoms with Crippen LogP contribution in [0.15, 0.2) is 6.07 Å². The molecule has 1 fully saturated rings. The number of nitrogens with zero attached hydrogens (tertiary/aromatic N) is 3. The minimum atomic E-state index is 0.400. The van der Waals surface area contributed by atoms with E-state index in [0.717, 1.165) is 18.1 Å². The third-order valence-electron chi connectivity index (χ3n) is 3.45. The van der Waals surface area contributed by atoms with Crippen molar-refractivity contribution < 1.29 is 0 Å². The predicted octanol–water partition coefficient (Wildman–Crippen LogP) is 2.11. The fourth-order valence-corrected chi connectivity index (χ4v) is 2.58. The average Bonchev–Trinajstić information content (AvgIpc) is 2.38. The highest BCUT2D eigenvalue weighted by molar-refractivity contribution is 5.42. The molecule has 2 rings (SSSR count). The molecule has 0 aromatic carbocycles. The molecule has 1 aliphatic heterocycles. The molecule has 1 aliphatic rings. The minimum absolute atomic E-state index is 0.400. The van der Waals surface area contributed by atoms with Crippen LogP contribution in [0, 0.1) is 6.92 Å². The lowest BCUT2D eigenvalue weighted by Crippen LogP contribution is -2.38. The topological polar surface area (TPSA) is 53.1 Å². The molecule has 0 radical (unpaired) electrons. The van der Waals surface area contributed by atoms with Gasteiger partial charge in [0, 0.05) is 31.4 Å². The zero-order chi connectivity index (χ0) is 13.7. The molecule has 2 N–H and O–H groups in total. The van der Waals surface area contributed by atoms with Gasteiger partial charge in [-0.2, -0.15) is 4.98 Å². The van der Waals surface area contributed by atoms with Gasteiger partial charge in [-0.15, -0.1) is 0 Å². The number of nitrogens with one attached hydrogen (secondary N) is 2. The number of piperidine rings is 1. The Hall–Kier alpha value is -1.36. The van der Waals surface area contributed by atoms with Crippen LogP contribution in [0.2, 0.25) is 0 Å². The highest BCUT2D eigenvalue weighted by atomic mass is 15.2. The first-order valence-corrected chi connectivity index (χ1v) is 7.19. The van der Waals surface area contributed by atoms with Crippen LogP contribution in [0.4, 0.5) is 11.8 Å². The Balaban J connectivity index is 1.90. The zero-order valence-corrected chi connectivity index (χ0v) is 12.2. The highest BCUT2D eigenvalue weighted by Gasteiger charge is 2.13. The average molecular weight is 263 g/mol. The van der Waals surface area contributed by atoms with Crippen LogP contribution < -0.4 is 10.6 Å². The van der Waals surface area contributed by atoms with Crippen molar-refractivity contribution in [2.24, 2.45) is 0 Å². The fourth-order valence-electron chi connectivity index (χ4n) is 2.58. The lowest BCUT2D eigenvalue weighted by Gasteiger charge is -2.29. The maximum Gasteiger partial charge on any atom is 0.224 e. The molecule has 0 saturated carbocycles. The Kier molecular flexibility index (Phi) is 4.96. The van der Waals surface area contributed by atoms with Crippen molar-refractivity contribution in [1.82, 2.24) is 14.9 Å². The van der Waals surface area contributed by atoms with Crippen molar-refractivity contribution in [2.75, 3.05) is 37.3 Å². The first-order chi connectivity index (χ1) is 9.17. The van der Waals surface area contributed by atoms with Gasteiger partial charge in [0.15, 0.2) is 0 Å². The van der Waals surface area contributed by atoms with Gasteiger partial charge in [0.2, 0.25) is 5.95 Å². The Morgan fingerprint density at radius 3 is 2.68 bits per heavy atom. The summed E-state index contributed by atoms with van der Waals surface area (Å²) in [6.45, 7) is 7.75. The second-order valence-electron chi connectivity index (χ2n) is 5.37. The molecule has 0 bridgehead atoms. The van der Waals surface area contributed by atoms with Crippen molar-refractivity contribution in [3.8, 4) is 0 Å². The van der Waals surface area contributed by atoms with Gasteiger partial charge in [0.25, 0.3) is 0 Å². The lowest BCUT2D eigenvalue weighted by atomic mass is 10.1. The highest BCUT2D eigenvalue weighted by Crippen LogP contribution is 2.13. The normalized spacial score (nSPS) is 18.1. The van der Waals surface area contributed by atoms with Gasteiger partial charge in [-0.05, 0) is 39.8 Å². The van der Waals surface area contributed by atoms with E-state index in [2.05, 4.69) is 32.4 Å². The first kappa shape index (κ1) is 14.1. The van der Waals surface area contributed by atoms with Gasteiger partial charge in [0.1, 0.15) is 5.82 Å². The van der Waals surface area contributed by atoms with Crippen LogP contribution in [0.3, 0.4) is 0 Å². The van der Waals surface area contributed by atoms with E-state index in [9.17, 15) is 0 Å². The number of rotatable bonds is 5. The van der Waals surface area contributed by atoms with Crippen LogP contribution in [0.5, 0.6) is 0 Å². The zero-order valence-electron chi connectivity index (χ0n) is 12.2. The number of hydrogen-bond acceptors (Lipinski definition) is 5. The van der Waals surface area contributed by atoms with E-state index in [0.29, 0.717) is 12.0 Å². The number of hydrogen-bond donors (Lipinski definition) is 2. The Bertz CT molecular complexity index is 401. The molecule has 1 atom stereocenters. The summed E-state index contributed by atoms with van der Waals surface area (Å²) in [5, 5.41) is 6.46. The van der Waals surface area contributed by atoms with Crippen LogP contribution in [-0.2, 0) is 0 Å². The Morgan fingerprint density at radius 1 is 1.26 bits per heavy atom. The summed E-state index contributed by atoms with van der Waals surface area (Å²) in [6, 6.07) is 2.39. The predicted molar refractivity (Wildman–Crippen MR) is 79.7 cm³/mol. The van der Waals surface area contributed by atoms with Crippen LogP contribution in [-0.4, -0.2) is 47.6 Å². The summed E-state index contributed by atoms with van der Waals surface area (Å²) >= 11 is 0. The minimum Gasteiger partial charge on any atom is -0.366 e. The van der Waals surface area contributed by atoms with Crippen molar-refractivity contribution >= 4 is 11.8 Å². The molecule has 1 unspecified atom stereocenters.